The van der Waals surface area contributed by atoms with Crippen molar-refractivity contribution in [3.63, 3.8) is 0 Å². The van der Waals surface area contributed by atoms with Crippen molar-refractivity contribution in [2.75, 3.05) is 31.6 Å². The predicted octanol–water partition coefficient (Wildman–Crippen LogP) is 1.91. The van der Waals surface area contributed by atoms with Crippen LogP contribution < -0.4 is 10.2 Å². The largest absolute Gasteiger partial charge is 0.395 e. The van der Waals surface area contributed by atoms with Crippen LogP contribution in [0.3, 0.4) is 0 Å². The number of hydrogen-bond donors (Lipinski definition) is 2. The molecule has 0 aliphatic heterocycles. The standard InChI is InChI=1S/C15H25N3O/c1-5-6-18(7-8-19)15-10-13(11-16-4)9-14(17-15)12(2)3/h5,9-10,12,16,19H,1,6-8,11H2,2-4H3. The second-order valence-corrected chi connectivity index (χ2v) is 4.90. The Morgan fingerprint density at radius 2 is 2.21 bits per heavy atom. The molecule has 0 fully saturated rings. The van der Waals surface area contributed by atoms with E-state index in [1.54, 1.807) is 0 Å². The summed E-state index contributed by atoms with van der Waals surface area (Å²) in [6, 6.07) is 4.21. The summed E-state index contributed by atoms with van der Waals surface area (Å²) >= 11 is 0. The van der Waals surface area contributed by atoms with Crippen LogP contribution in [-0.4, -0.2) is 36.8 Å². The van der Waals surface area contributed by atoms with Crippen molar-refractivity contribution >= 4 is 5.82 Å². The van der Waals surface area contributed by atoms with Gasteiger partial charge in [0.05, 0.1) is 6.61 Å². The topological polar surface area (TPSA) is 48.4 Å². The van der Waals surface area contributed by atoms with Crippen LogP contribution in [0.15, 0.2) is 24.8 Å². The van der Waals surface area contributed by atoms with Crippen molar-refractivity contribution in [1.29, 1.82) is 0 Å². The van der Waals surface area contributed by atoms with Gasteiger partial charge in [0.25, 0.3) is 0 Å². The fraction of sp³-hybridized carbons (Fsp3) is 0.533. The van der Waals surface area contributed by atoms with Gasteiger partial charge in [0.2, 0.25) is 0 Å². The highest BCUT2D eigenvalue weighted by molar-refractivity contribution is 5.44. The summed E-state index contributed by atoms with van der Waals surface area (Å²) in [6.07, 6.45) is 1.83. The second kappa shape index (κ2) is 7.92. The first kappa shape index (κ1) is 15.7. The van der Waals surface area contributed by atoms with Crippen molar-refractivity contribution in [2.45, 2.75) is 26.3 Å². The summed E-state index contributed by atoms with van der Waals surface area (Å²) in [6.45, 7) is 10.2. The van der Waals surface area contributed by atoms with Gasteiger partial charge in [0, 0.05) is 25.3 Å². The summed E-state index contributed by atoms with van der Waals surface area (Å²) in [4.78, 5) is 6.73. The van der Waals surface area contributed by atoms with Crippen molar-refractivity contribution in [2.24, 2.45) is 0 Å². The van der Waals surface area contributed by atoms with Crippen LogP contribution in [0.2, 0.25) is 0 Å². The fourth-order valence-electron chi connectivity index (χ4n) is 1.93. The summed E-state index contributed by atoms with van der Waals surface area (Å²) in [5.74, 6) is 1.29. The minimum absolute atomic E-state index is 0.114. The lowest BCUT2D eigenvalue weighted by molar-refractivity contribution is 0.302. The molecule has 0 amide bonds. The van der Waals surface area contributed by atoms with Crippen LogP contribution in [0, 0.1) is 0 Å². The third kappa shape index (κ3) is 4.65. The molecule has 1 rings (SSSR count). The van der Waals surface area contributed by atoms with Crippen LogP contribution in [0.4, 0.5) is 5.82 Å². The number of pyridine rings is 1. The Morgan fingerprint density at radius 1 is 1.47 bits per heavy atom. The van der Waals surface area contributed by atoms with E-state index in [9.17, 15) is 0 Å². The Balaban J connectivity index is 3.11. The van der Waals surface area contributed by atoms with Gasteiger partial charge in [-0.2, -0.15) is 0 Å². The highest BCUT2D eigenvalue weighted by Gasteiger charge is 2.11. The van der Waals surface area contributed by atoms with Crippen LogP contribution >= 0.6 is 0 Å². The molecular formula is C15H25N3O. The minimum atomic E-state index is 0.114. The Kier molecular flexibility index (Phi) is 6.53. The second-order valence-electron chi connectivity index (χ2n) is 4.90. The highest BCUT2D eigenvalue weighted by atomic mass is 16.3. The Bertz CT molecular complexity index is 404. The minimum Gasteiger partial charge on any atom is -0.395 e. The van der Waals surface area contributed by atoms with Crippen LogP contribution in [-0.2, 0) is 6.54 Å². The van der Waals surface area contributed by atoms with E-state index in [0.717, 1.165) is 18.1 Å². The summed E-state index contributed by atoms with van der Waals surface area (Å²) in [5.41, 5.74) is 2.29. The molecule has 1 heterocycles. The molecule has 0 saturated heterocycles. The van der Waals surface area contributed by atoms with Gasteiger partial charge >= 0.3 is 0 Å². The van der Waals surface area contributed by atoms with E-state index in [-0.39, 0.29) is 6.61 Å². The number of nitrogens with zero attached hydrogens (tertiary/aromatic N) is 2. The number of rotatable bonds is 8. The van der Waals surface area contributed by atoms with E-state index in [4.69, 9.17) is 10.1 Å². The lowest BCUT2D eigenvalue weighted by Crippen LogP contribution is -2.28. The molecule has 0 unspecified atom stereocenters. The summed E-state index contributed by atoms with van der Waals surface area (Å²) < 4.78 is 0. The molecule has 1 aromatic heterocycles. The quantitative estimate of drug-likeness (QED) is 0.703. The molecule has 1 aromatic rings. The van der Waals surface area contributed by atoms with Crippen LogP contribution in [0.25, 0.3) is 0 Å². The zero-order valence-electron chi connectivity index (χ0n) is 12.2. The lowest BCUT2D eigenvalue weighted by atomic mass is 10.1. The van der Waals surface area contributed by atoms with Crippen molar-refractivity contribution < 1.29 is 5.11 Å². The third-order valence-electron chi connectivity index (χ3n) is 2.91. The first-order chi connectivity index (χ1) is 9.12. The fourth-order valence-corrected chi connectivity index (χ4v) is 1.93. The highest BCUT2D eigenvalue weighted by Crippen LogP contribution is 2.20. The molecule has 0 saturated carbocycles. The van der Waals surface area contributed by atoms with Crippen molar-refractivity contribution in [3.05, 3.63) is 36.0 Å². The average Bonchev–Trinajstić information content (AvgIpc) is 2.38. The molecule has 0 aliphatic rings. The number of nitrogens with one attached hydrogen (secondary N) is 1. The zero-order chi connectivity index (χ0) is 14.3. The molecule has 4 heteroatoms. The molecule has 4 nitrogen and oxygen atoms in total. The maximum atomic E-state index is 9.16. The molecule has 0 aliphatic carbocycles. The predicted molar refractivity (Wildman–Crippen MR) is 80.6 cm³/mol. The number of anilines is 1. The zero-order valence-corrected chi connectivity index (χ0v) is 12.2. The summed E-state index contributed by atoms with van der Waals surface area (Å²) in [7, 11) is 1.93. The molecule has 0 bridgehead atoms. The number of aromatic nitrogens is 1. The number of aliphatic hydroxyl groups excluding tert-OH is 1. The van der Waals surface area contributed by atoms with Gasteiger partial charge in [-0.3, -0.25) is 0 Å². The van der Waals surface area contributed by atoms with Crippen LogP contribution in [0.5, 0.6) is 0 Å². The van der Waals surface area contributed by atoms with Crippen LogP contribution in [0.1, 0.15) is 31.0 Å². The SMILES string of the molecule is C=CCN(CCO)c1cc(CNC)cc(C(C)C)n1. The molecule has 0 spiro atoms. The van der Waals surface area contributed by atoms with Gasteiger partial charge in [-0.1, -0.05) is 19.9 Å². The van der Waals surface area contributed by atoms with E-state index in [0.29, 0.717) is 19.0 Å². The molecule has 0 radical (unpaired) electrons. The molecule has 2 N–H and O–H groups in total. The number of hydrogen-bond acceptors (Lipinski definition) is 4. The van der Waals surface area contributed by atoms with Gasteiger partial charge in [-0.15, -0.1) is 6.58 Å². The smallest absolute Gasteiger partial charge is 0.129 e. The van der Waals surface area contributed by atoms with E-state index in [1.807, 2.05) is 18.0 Å². The molecule has 106 valence electrons. The van der Waals surface area contributed by atoms with E-state index >= 15 is 0 Å². The van der Waals surface area contributed by atoms with Crippen molar-refractivity contribution in [3.8, 4) is 0 Å². The maximum Gasteiger partial charge on any atom is 0.129 e. The van der Waals surface area contributed by atoms with Gasteiger partial charge in [0.15, 0.2) is 0 Å². The number of aliphatic hydroxyl groups is 1. The lowest BCUT2D eigenvalue weighted by Gasteiger charge is -2.23. The Hall–Kier alpha value is -1.39. The first-order valence-electron chi connectivity index (χ1n) is 6.74. The van der Waals surface area contributed by atoms with Gasteiger partial charge in [0.1, 0.15) is 5.82 Å². The summed E-state index contributed by atoms with van der Waals surface area (Å²) in [5, 5.41) is 12.3. The molecule has 19 heavy (non-hydrogen) atoms. The maximum absolute atomic E-state index is 9.16. The molecule has 0 aromatic carbocycles. The van der Waals surface area contributed by atoms with Crippen molar-refractivity contribution in [1.82, 2.24) is 10.3 Å². The monoisotopic (exact) mass is 263 g/mol. The van der Waals surface area contributed by atoms with E-state index in [2.05, 4.69) is 37.9 Å². The van der Waals surface area contributed by atoms with E-state index in [1.165, 1.54) is 5.56 Å². The van der Waals surface area contributed by atoms with E-state index < -0.39 is 0 Å². The Labute approximate surface area is 116 Å². The Morgan fingerprint density at radius 3 is 2.74 bits per heavy atom. The molecular weight excluding hydrogens is 238 g/mol. The van der Waals surface area contributed by atoms with Gasteiger partial charge in [-0.25, -0.2) is 4.98 Å². The first-order valence-corrected chi connectivity index (χ1v) is 6.74. The average molecular weight is 263 g/mol. The normalized spacial score (nSPS) is 10.8. The van der Waals surface area contributed by atoms with Gasteiger partial charge < -0.3 is 15.3 Å². The van der Waals surface area contributed by atoms with Gasteiger partial charge in [-0.05, 0) is 30.7 Å². The third-order valence-corrected chi connectivity index (χ3v) is 2.91. The molecule has 0 atom stereocenters.